The summed E-state index contributed by atoms with van der Waals surface area (Å²) in [7, 11) is 0. The molecule has 2 aromatic heterocycles. The van der Waals surface area contributed by atoms with Crippen LogP contribution in [-0.4, -0.2) is 31.1 Å². The van der Waals surface area contributed by atoms with Crippen molar-refractivity contribution in [2.24, 2.45) is 0 Å². The molecular weight excluding hydrogens is 378 g/mol. The van der Waals surface area contributed by atoms with E-state index < -0.39 is 0 Å². The number of amides is 1. The van der Waals surface area contributed by atoms with Crippen LogP contribution >= 0.6 is 23.3 Å². The van der Waals surface area contributed by atoms with E-state index in [9.17, 15) is 4.79 Å². The molecule has 0 radical (unpaired) electrons. The maximum absolute atomic E-state index is 12.5. The van der Waals surface area contributed by atoms with Gasteiger partial charge in [0.05, 0.1) is 0 Å². The lowest BCUT2D eigenvalue weighted by atomic mass is 10.2. The molecule has 1 amide bonds. The molecule has 4 aromatic rings. The number of hydrogen-bond donors (Lipinski definition) is 1. The Labute approximate surface area is 164 Å². The summed E-state index contributed by atoms with van der Waals surface area (Å²) in [5.74, 6) is 0.393. The van der Waals surface area contributed by atoms with Crippen LogP contribution in [0.25, 0.3) is 17.1 Å². The molecule has 0 atom stereocenters. The molecule has 0 fully saturated rings. The fourth-order valence-electron chi connectivity index (χ4n) is 2.56. The van der Waals surface area contributed by atoms with E-state index >= 15 is 0 Å². The number of rotatable bonds is 5. The molecule has 1 N–H and O–H groups in total. The second-order valence-electron chi connectivity index (χ2n) is 5.57. The third-order valence-electron chi connectivity index (χ3n) is 3.88. The van der Waals surface area contributed by atoms with Crippen molar-refractivity contribution in [2.75, 3.05) is 11.6 Å². The topological polar surface area (TPSA) is 72.7 Å². The molecule has 0 aliphatic carbocycles. The van der Waals surface area contributed by atoms with Crippen LogP contribution in [0, 0.1) is 0 Å². The number of benzene rings is 2. The smallest absolute Gasteiger partial charge is 0.257 e. The van der Waals surface area contributed by atoms with Crippen molar-refractivity contribution in [1.29, 1.82) is 0 Å². The van der Waals surface area contributed by atoms with Gasteiger partial charge in [0, 0.05) is 40.7 Å². The summed E-state index contributed by atoms with van der Waals surface area (Å²) in [5, 5.41) is 4.18. The van der Waals surface area contributed by atoms with Gasteiger partial charge in [0.15, 0.2) is 11.0 Å². The van der Waals surface area contributed by atoms with Crippen LogP contribution < -0.4 is 5.32 Å². The highest BCUT2D eigenvalue weighted by molar-refractivity contribution is 7.98. The minimum atomic E-state index is -0.215. The van der Waals surface area contributed by atoms with E-state index in [1.54, 1.807) is 30.1 Å². The first-order valence-electron chi connectivity index (χ1n) is 8.13. The predicted octanol–water partition coefficient (Wildman–Crippen LogP) is 4.37. The molecule has 134 valence electrons. The molecule has 0 bridgehead atoms. The third kappa shape index (κ3) is 3.76. The van der Waals surface area contributed by atoms with E-state index in [0.29, 0.717) is 16.5 Å². The zero-order chi connectivity index (χ0) is 18.6. The number of thioether (sulfide) groups is 1. The Kier molecular flexibility index (Phi) is 4.99. The molecule has 8 heteroatoms. The fourth-order valence-corrected chi connectivity index (χ4v) is 3.67. The Bertz CT molecular complexity index is 1060. The number of hydrogen-bond acceptors (Lipinski definition) is 6. The Balaban J connectivity index is 1.48. The number of nitrogens with zero attached hydrogens (tertiary/aromatic N) is 4. The van der Waals surface area contributed by atoms with E-state index in [0.717, 1.165) is 16.4 Å². The van der Waals surface area contributed by atoms with E-state index in [-0.39, 0.29) is 5.91 Å². The molecule has 4 rings (SSSR count). The van der Waals surface area contributed by atoms with Crippen LogP contribution in [0.5, 0.6) is 0 Å². The van der Waals surface area contributed by atoms with Crippen molar-refractivity contribution in [2.45, 2.75) is 5.16 Å². The second kappa shape index (κ2) is 7.73. The van der Waals surface area contributed by atoms with Crippen LogP contribution in [0.1, 0.15) is 10.4 Å². The Hall–Kier alpha value is -2.97. The highest BCUT2D eigenvalue weighted by Gasteiger charge is 2.12. The van der Waals surface area contributed by atoms with E-state index in [4.69, 9.17) is 0 Å². The predicted molar refractivity (Wildman–Crippen MR) is 109 cm³/mol. The maximum atomic E-state index is 12.5. The number of aromatic nitrogens is 4. The van der Waals surface area contributed by atoms with Crippen molar-refractivity contribution in [3.05, 3.63) is 72.6 Å². The Morgan fingerprint density at radius 1 is 1.11 bits per heavy atom. The van der Waals surface area contributed by atoms with Gasteiger partial charge in [0.25, 0.3) is 5.91 Å². The molecule has 0 aliphatic rings. The molecule has 6 nitrogen and oxygen atoms in total. The molecule has 0 unspecified atom stereocenters. The van der Waals surface area contributed by atoms with Gasteiger partial charge in [-0.2, -0.15) is 9.36 Å². The molecule has 27 heavy (non-hydrogen) atoms. The van der Waals surface area contributed by atoms with Gasteiger partial charge in [0.2, 0.25) is 5.13 Å². The largest absolute Gasteiger partial charge is 0.297 e. The van der Waals surface area contributed by atoms with Gasteiger partial charge >= 0.3 is 0 Å². The van der Waals surface area contributed by atoms with Gasteiger partial charge in [-0.05, 0) is 30.5 Å². The number of carbonyl (C=O) groups is 1. The SMILES string of the molecule is CSc1nccn1-c1ccc(C(=O)Nc2nc(-c3ccccc3)ns2)cc1. The first-order chi connectivity index (χ1) is 13.2. The summed E-state index contributed by atoms with van der Waals surface area (Å²) in [5.41, 5.74) is 2.43. The fraction of sp³-hybridized carbons (Fsp3) is 0.0526. The summed E-state index contributed by atoms with van der Waals surface area (Å²) >= 11 is 2.73. The standard InChI is InChI=1S/C19H15N5OS2/c1-26-19-20-11-12-24(19)15-9-7-14(8-10-15)17(25)22-18-21-16(23-27-18)13-5-3-2-4-6-13/h2-12H,1H3,(H,21,22,23,25). The quantitative estimate of drug-likeness (QED) is 0.510. The molecular formula is C19H15N5OS2. The highest BCUT2D eigenvalue weighted by Crippen LogP contribution is 2.22. The average Bonchev–Trinajstić information content (AvgIpc) is 3.38. The summed E-state index contributed by atoms with van der Waals surface area (Å²) in [6, 6.07) is 17.0. The second-order valence-corrected chi connectivity index (χ2v) is 7.10. The zero-order valence-electron chi connectivity index (χ0n) is 14.4. The third-order valence-corrected chi connectivity index (χ3v) is 5.17. The molecule has 0 spiro atoms. The van der Waals surface area contributed by atoms with Gasteiger partial charge in [0.1, 0.15) is 0 Å². The summed E-state index contributed by atoms with van der Waals surface area (Å²) < 4.78 is 6.28. The van der Waals surface area contributed by atoms with Crippen molar-refractivity contribution >= 4 is 34.3 Å². The first kappa shape index (κ1) is 17.4. The Morgan fingerprint density at radius 2 is 1.89 bits per heavy atom. The normalized spacial score (nSPS) is 10.7. The van der Waals surface area contributed by atoms with Gasteiger partial charge < -0.3 is 0 Å². The average molecular weight is 393 g/mol. The van der Waals surface area contributed by atoms with Crippen molar-refractivity contribution in [3.8, 4) is 17.1 Å². The molecule has 0 aliphatic heterocycles. The van der Waals surface area contributed by atoms with Crippen LogP contribution in [0.2, 0.25) is 0 Å². The molecule has 2 aromatic carbocycles. The minimum absolute atomic E-state index is 0.215. The zero-order valence-corrected chi connectivity index (χ0v) is 16.0. The summed E-state index contributed by atoms with van der Waals surface area (Å²) in [6.45, 7) is 0. The van der Waals surface area contributed by atoms with Gasteiger partial charge in [-0.1, -0.05) is 42.1 Å². The lowest BCUT2D eigenvalue weighted by molar-refractivity contribution is 0.102. The van der Waals surface area contributed by atoms with Crippen LogP contribution in [-0.2, 0) is 0 Å². The summed E-state index contributed by atoms with van der Waals surface area (Å²) in [4.78, 5) is 21.2. The number of anilines is 1. The first-order valence-corrected chi connectivity index (χ1v) is 10.1. The monoisotopic (exact) mass is 393 g/mol. The summed E-state index contributed by atoms with van der Waals surface area (Å²) in [6.07, 6.45) is 5.63. The van der Waals surface area contributed by atoms with Crippen molar-refractivity contribution in [3.63, 3.8) is 0 Å². The Morgan fingerprint density at radius 3 is 2.63 bits per heavy atom. The maximum Gasteiger partial charge on any atom is 0.257 e. The van der Waals surface area contributed by atoms with Crippen LogP contribution in [0.3, 0.4) is 0 Å². The molecule has 0 saturated heterocycles. The van der Waals surface area contributed by atoms with Crippen LogP contribution in [0.15, 0.2) is 72.1 Å². The lowest BCUT2D eigenvalue weighted by Crippen LogP contribution is -2.11. The van der Waals surface area contributed by atoms with Crippen molar-refractivity contribution in [1.82, 2.24) is 18.9 Å². The number of carbonyl (C=O) groups excluding carboxylic acids is 1. The van der Waals surface area contributed by atoms with E-state index in [2.05, 4.69) is 19.7 Å². The number of imidazole rings is 1. The van der Waals surface area contributed by atoms with Gasteiger partial charge in [-0.25, -0.2) is 4.98 Å². The highest BCUT2D eigenvalue weighted by atomic mass is 32.2. The molecule has 0 saturated carbocycles. The minimum Gasteiger partial charge on any atom is -0.297 e. The number of nitrogens with one attached hydrogen (secondary N) is 1. The van der Waals surface area contributed by atoms with Crippen molar-refractivity contribution < 1.29 is 4.79 Å². The van der Waals surface area contributed by atoms with Crippen LogP contribution in [0.4, 0.5) is 5.13 Å². The van der Waals surface area contributed by atoms with E-state index in [1.165, 1.54) is 11.5 Å². The molecule has 2 heterocycles. The van der Waals surface area contributed by atoms with Gasteiger partial charge in [-0.3, -0.25) is 14.7 Å². The lowest BCUT2D eigenvalue weighted by Gasteiger charge is -2.07. The van der Waals surface area contributed by atoms with Gasteiger partial charge in [-0.15, -0.1) is 0 Å². The van der Waals surface area contributed by atoms with E-state index in [1.807, 2.05) is 59.5 Å².